The first-order valence-corrected chi connectivity index (χ1v) is 6.85. The van der Waals surface area contributed by atoms with Crippen LogP contribution in [0.2, 0.25) is 0 Å². The zero-order valence-electron chi connectivity index (χ0n) is 11.8. The first-order chi connectivity index (χ1) is 10.4. The van der Waals surface area contributed by atoms with Crippen molar-refractivity contribution in [1.29, 1.82) is 0 Å². The molecule has 2 aromatic heterocycles. The number of hydrogen-bond donors (Lipinski definition) is 0. The lowest BCUT2D eigenvalue weighted by atomic mass is 10.3. The van der Waals surface area contributed by atoms with Gasteiger partial charge in [-0.25, -0.2) is 15.0 Å². The van der Waals surface area contributed by atoms with Crippen LogP contribution in [0.3, 0.4) is 0 Å². The largest absolute Gasteiger partial charge is 0.490 e. The minimum absolute atomic E-state index is 0.506. The van der Waals surface area contributed by atoms with E-state index in [1.165, 1.54) is 0 Å². The van der Waals surface area contributed by atoms with Gasteiger partial charge in [0.25, 0.3) is 0 Å². The van der Waals surface area contributed by atoms with E-state index in [4.69, 9.17) is 9.47 Å². The summed E-state index contributed by atoms with van der Waals surface area (Å²) in [5, 5.41) is 0. The van der Waals surface area contributed by atoms with Crippen molar-refractivity contribution in [2.45, 2.75) is 13.5 Å². The normalized spacial score (nSPS) is 10.7. The number of benzene rings is 1. The van der Waals surface area contributed by atoms with Crippen molar-refractivity contribution in [3.8, 4) is 11.5 Å². The molecule has 6 nitrogen and oxygen atoms in total. The first kappa shape index (κ1) is 13.4. The number of nitrogens with zero attached hydrogens (tertiary/aromatic N) is 4. The highest BCUT2D eigenvalue weighted by atomic mass is 16.5. The fourth-order valence-electron chi connectivity index (χ4n) is 2.06. The van der Waals surface area contributed by atoms with Crippen molar-refractivity contribution in [3.05, 3.63) is 43.0 Å². The molecule has 0 aliphatic rings. The van der Waals surface area contributed by atoms with E-state index in [-0.39, 0.29) is 0 Å². The summed E-state index contributed by atoms with van der Waals surface area (Å²) in [6, 6.07) is 7.65. The molecule has 0 saturated carbocycles. The van der Waals surface area contributed by atoms with Gasteiger partial charge in [-0.05, 0) is 19.1 Å². The number of hydrogen-bond acceptors (Lipinski definition) is 5. The molecule has 0 spiro atoms. The average Bonchev–Trinajstić information content (AvgIpc) is 2.93. The van der Waals surface area contributed by atoms with Gasteiger partial charge >= 0.3 is 0 Å². The van der Waals surface area contributed by atoms with Crippen molar-refractivity contribution in [2.75, 3.05) is 13.2 Å². The zero-order valence-corrected chi connectivity index (χ0v) is 11.8. The highest BCUT2D eigenvalue weighted by Gasteiger charge is 2.06. The van der Waals surface area contributed by atoms with Crippen LogP contribution in [0.15, 0.2) is 43.0 Å². The second-order valence-electron chi connectivity index (χ2n) is 4.37. The molecule has 0 aliphatic heterocycles. The van der Waals surface area contributed by atoms with Gasteiger partial charge < -0.3 is 14.0 Å². The smallest absolute Gasteiger partial charge is 0.197 e. The Morgan fingerprint density at radius 1 is 1.00 bits per heavy atom. The Bertz CT molecular complexity index is 726. The molecule has 0 bridgehead atoms. The Kier molecular flexibility index (Phi) is 3.95. The van der Waals surface area contributed by atoms with Gasteiger partial charge in [0.15, 0.2) is 22.8 Å². The summed E-state index contributed by atoms with van der Waals surface area (Å²) in [6.45, 7) is 3.72. The lowest BCUT2D eigenvalue weighted by Gasteiger charge is -2.11. The van der Waals surface area contributed by atoms with E-state index in [1.807, 2.05) is 35.8 Å². The summed E-state index contributed by atoms with van der Waals surface area (Å²) in [5.41, 5.74) is 1.41. The second kappa shape index (κ2) is 6.21. The van der Waals surface area contributed by atoms with Gasteiger partial charge in [0.05, 0.1) is 19.5 Å². The molecular formula is C15H16N4O2. The van der Waals surface area contributed by atoms with E-state index in [2.05, 4.69) is 15.0 Å². The predicted molar refractivity (Wildman–Crippen MR) is 78.4 cm³/mol. The van der Waals surface area contributed by atoms with E-state index >= 15 is 0 Å². The lowest BCUT2D eigenvalue weighted by molar-refractivity contribution is 0.267. The maximum absolute atomic E-state index is 5.79. The van der Waals surface area contributed by atoms with Gasteiger partial charge in [0.2, 0.25) is 0 Å². The molecule has 0 N–H and O–H groups in total. The summed E-state index contributed by atoms with van der Waals surface area (Å²) < 4.78 is 13.2. The fourth-order valence-corrected chi connectivity index (χ4v) is 2.06. The van der Waals surface area contributed by atoms with Crippen molar-refractivity contribution in [3.63, 3.8) is 0 Å². The maximum Gasteiger partial charge on any atom is 0.197 e. The summed E-state index contributed by atoms with van der Waals surface area (Å²) in [6.07, 6.45) is 5.02. The maximum atomic E-state index is 5.79. The Hall–Kier alpha value is -2.63. The number of para-hydroxylation sites is 2. The van der Waals surface area contributed by atoms with Gasteiger partial charge in [-0.3, -0.25) is 0 Å². The first-order valence-electron chi connectivity index (χ1n) is 6.85. The molecule has 2 heterocycles. The standard InChI is InChI=1S/C15H16N4O2/c1-2-20-12-5-3-4-6-13(12)21-10-9-19-11-18-14-15(19)17-8-7-16-14/h3-8,11H,2,9-10H2,1H3. The molecule has 0 aliphatic carbocycles. The molecule has 1 aromatic carbocycles. The van der Waals surface area contributed by atoms with Crippen LogP contribution in [0.1, 0.15) is 6.92 Å². The Morgan fingerprint density at radius 3 is 2.57 bits per heavy atom. The molecule has 0 saturated heterocycles. The number of aromatic nitrogens is 4. The van der Waals surface area contributed by atoms with E-state index < -0.39 is 0 Å². The number of ether oxygens (including phenoxy) is 2. The molecule has 0 unspecified atom stereocenters. The highest BCUT2D eigenvalue weighted by Crippen LogP contribution is 2.26. The summed E-state index contributed by atoms with van der Waals surface area (Å²) in [5.74, 6) is 1.50. The third kappa shape index (κ3) is 2.94. The van der Waals surface area contributed by atoms with Gasteiger partial charge in [-0.1, -0.05) is 12.1 Å². The number of imidazole rings is 1. The minimum atomic E-state index is 0.506. The molecule has 0 atom stereocenters. The minimum Gasteiger partial charge on any atom is -0.490 e. The SMILES string of the molecule is CCOc1ccccc1OCCn1cnc2nccnc21. The lowest BCUT2D eigenvalue weighted by Crippen LogP contribution is -2.08. The highest BCUT2D eigenvalue weighted by molar-refractivity contribution is 5.64. The molecule has 3 aromatic rings. The average molecular weight is 284 g/mol. The van der Waals surface area contributed by atoms with E-state index in [1.54, 1.807) is 18.7 Å². The van der Waals surface area contributed by atoms with Crippen LogP contribution >= 0.6 is 0 Å². The molecule has 108 valence electrons. The van der Waals surface area contributed by atoms with E-state index in [0.717, 1.165) is 17.1 Å². The third-order valence-corrected chi connectivity index (χ3v) is 2.99. The molecule has 0 amide bonds. The second-order valence-corrected chi connectivity index (χ2v) is 4.37. The summed E-state index contributed by atoms with van der Waals surface area (Å²) in [4.78, 5) is 12.6. The van der Waals surface area contributed by atoms with E-state index in [9.17, 15) is 0 Å². The molecule has 0 fully saturated rings. The van der Waals surface area contributed by atoms with Crippen LogP contribution in [-0.2, 0) is 6.54 Å². The van der Waals surface area contributed by atoms with Crippen molar-refractivity contribution < 1.29 is 9.47 Å². The zero-order chi connectivity index (χ0) is 14.5. The van der Waals surface area contributed by atoms with Crippen molar-refractivity contribution in [1.82, 2.24) is 19.5 Å². The summed E-state index contributed by atoms with van der Waals surface area (Å²) >= 11 is 0. The third-order valence-electron chi connectivity index (χ3n) is 2.99. The van der Waals surface area contributed by atoms with Crippen LogP contribution in [0.25, 0.3) is 11.3 Å². The fraction of sp³-hybridized carbons (Fsp3) is 0.267. The molecule has 6 heteroatoms. The van der Waals surface area contributed by atoms with E-state index in [0.29, 0.717) is 25.4 Å². The topological polar surface area (TPSA) is 62.1 Å². The summed E-state index contributed by atoms with van der Waals surface area (Å²) in [7, 11) is 0. The van der Waals surface area contributed by atoms with Crippen LogP contribution < -0.4 is 9.47 Å². The van der Waals surface area contributed by atoms with Crippen LogP contribution in [0.5, 0.6) is 11.5 Å². The molecular weight excluding hydrogens is 268 g/mol. The van der Waals surface area contributed by atoms with Gasteiger partial charge in [-0.15, -0.1) is 0 Å². The molecule has 21 heavy (non-hydrogen) atoms. The Morgan fingerprint density at radius 2 is 1.76 bits per heavy atom. The van der Waals surface area contributed by atoms with Gasteiger partial charge in [0.1, 0.15) is 6.61 Å². The quantitative estimate of drug-likeness (QED) is 0.695. The van der Waals surface area contributed by atoms with Crippen molar-refractivity contribution >= 4 is 11.3 Å². The van der Waals surface area contributed by atoms with Crippen LogP contribution in [0, 0.1) is 0 Å². The van der Waals surface area contributed by atoms with Crippen LogP contribution in [-0.4, -0.2) is 32.7 Å². The van der Waals surface area contributed by atoms with Crippen LogP contribution in [0.4, 0.5) is 0 Å². The number of rotatable bonds is 6. The Labute approximate surface area is 122 Å². The van der Waals surface area contributed by atoms with Gasteiger partial charge in [-0.2, -0.15) is 0 Å². The predicted octanol–water partition coefficient (Wildman–Crippen LogP) is 2.30. The van der Waals surface area contributed by atoms with Gasteiger partial charge in [0, 0.05) is 12.4 Å². The molecule has 3 rings (SSSR count). The molecule has 0 radical (unpaired) electrons. The number of fused-ring (bicyclic) bond motifs is 1. The monoisotopic (exact) mass is 284 g/mol. The Balaban J connectivity index is 1.66. The van der Waals surface area contributed by atoms with Crippen molar-refractivity contribution in [2.24, 2.45) is 0 Å².